The molecular weight excluding hydrogens is 681 g/mol. The quantitative estimate of drug-likeness (QED) is 0.167. The van der Waals surface area contributed by atoms with Gasteiger partial charge in [0.2, 0.25) is 0 Å². The maximum atomic E-state index is 9.64. The van der Waals surface area contributed by atoms with E-state index < -0.39 is 0 Å². The highest BCUT2D eigenvalue weighted by Gasteiger charge is 2.27. The van der Waals surface area contributed by atoms with Crippen LogP contribution in [-0.4, -0.2) is 9.97 Å². The predicted molar refractivity (Wildman–Crippen MR) is 232 cm³/mol. The molecular formula is C52H30N4. The Morgan fingerprint density at radius 2 is 0.643 bits per heavy atom. The third-order valence-corrected chi connectivity index (χ3v) is 12.2. The monoisotopic (exact) mass is 710 g/mol. The standard InChI is InChI=1S/C52H30N4/c1-25-9-33-10-26(2)14-36-45(33)35(13-25)47-39-17-31(43-7-5-29(21-53)23-55-43)19-41-49-37-15-27(3)11-34-12-28(4)16-38(46(34)37)50(49)42-20-32(44-8-6-30(22-54)24-56-44)18-40(48(36)47)52(42)51(39)41/h5-20,23-24H,1-4H3. The Morgan fingerprint density at radius 1 is 0.357 bits per heavy atom. The van der Waals surface area contributed by atoms with Crippen molar-refractivity contribution in [3.8, 4) is 34.7 Å². The first-order valence-corrected chi connectivity index (χ1v) is 19.0. The van der Waals surface area contributed by atoms with Crippen LogP contribution >= 0.6 is 0 Å². The summed E-state index contributed by atoms with van der Waals surface area (Å²) in [5.41, 5.74) is 9.74. The van der Waals surface area contributed by atoms with Crippen molar-refractivity contribution in [1.82, 2.24) is 9.97 Å². The summed E-state index contributed by atoms with van der Waals surface area (Å²) in [6, 6.07) is 40.3. The lowest BCUT2D eigenvalue weighted by Crippen LogP contribution is -1.92. The normalized spacial score (nSPS) is 12.2. The molecule has 0 bridgehead atoms. The highest BCUT2D eigenvalue weighted by molar-refractivity contribution is 6.52. The number of rotatable bonds is 2. The van der Waals surface area contributed by atoms with Gasteiger partial charge in [-0.25, -0.2) is 0 Å². The van der Waals surface area contributed by atoms with Crippen molar-refractivity contribution in [2.75, 3.05) is 0 Å². The number of pyridine rings is 2. The fourth-order valence-corrected chi connectivity index (χ4v) is 10.2. The first-order chi connectivity index (χ1) is 27.3. The molecule has 258 valence electrons. The molecule has 12 aromatic rings. The van der Waals surface area contributed by atoms with E-state index in [0.717, 1.165) is 22.5 Å². The van der Waals surface area contributed by atoms with E-state index in [1.165, 1.54) is 119 Å². The van der Waals surface area contributed by atoms with Crippen molar-refractivity contribution >= 4 is 97.0 Å². The smallest absolute Gasteiger partial charge is 0.101 e. The molecule has 0 aliphatic heterocycles. The molecule has 2 heterocycles. The minimum atomic E-state index is 0.543. The van der Waals surface area contributed by atoms with Crippen LogP contribution in [0.2, 0.25) is 0 Å². The van der Waals surface area contributed by atoms with Crippen molar-refractivity contribution in [3.63, 3.8) is 0 Å². The van der Waals surface area contributed by atoms with Gasteiger partial charge in [-0.15, -0.1) is 0 Å². The maximum Gasteiger partial charge on any atom is 0.101 e. The SMILES string of the molecule is Cc1cc2cc(C)cc3c2c(c1)c1c2cc(-c4ccc(C#N)cn4)cc4c5c6cc(C)cc7cc(C)cc(c76)c5c5cc(-c6ccc(C#N)cn6)cc(c31)c5c24. The Balaban J connectivity index is 1.43. The van der Waals surface area contributed by atoms with E-state index in [1.54, 1.807) is 12.4 Å². The summed E-state index contributed by atoms with van der Waals surface area (Å²) in [5.74, 6) is 0. The van der Waals surface area contributed by atoms with Gasteiger partial charge in [0.25, 0.3) is 0 Å². The van der Waals surface area contributed by atoms with Crippen LogP contribution in [0.1, 0.15) is 33.4 Å². The second-order valence-corrected chi connectivity index (χ2v) is 15.9. The van der Waals surface area contributed by atoms with Gasteiger partial charge in [0, 0.05) is 23.5 Å². The molecule has 0 N–H and O–H groups in total. The van der Waals surface area contributed by atoms with Crippen molar-refractivity contribution in [2.45, 2.75) is 27.7 Å². The molecule has 0 atom stereocenters. The summed E-state index contributed by atoms with van der Waals surface area (Å²) in [6.45, 7) is 8.80. The summed E-state index contributed by atoms with van der Waals surface area (Å²) in [5, 5.41) is 41.7. The van der Waals surface area contributed by atoms with E-state index in [-0.39, 0.29) is 0 Å². The summed E-state index contributed by atoms with van der Waals surface area (Å²) in [4.78, 5) is 9.72. The van der Waals surface area contributed by atoms with Crippen LogP contribution in [0.5, 0.6) is 0 Å². The Hall–Kier alpha value is -7.40. The lowest BCUT2D eigenvalue weighted by atomic mass is 9.84. The second kappa shape index (κ2) is 10.6. The predicted octanol–water partition coefficient (Wildman–Crippen LogP) is 13.5. The van der Waals surface area contributed by atoms with E-state index >= 15 is 0 Å². The molecule has 0 fully saturated rings. The average Bonchev–Trinajstić information content (AvgIpc) is 3.70. The van der Waals surface area contributed by atoms with Gasteiger partial charge in [0.05, 0.1) is 22.5 Å². The molecule has 2 aromatic heterocycles. The van der Waals surface area contributed by atoms with Crippen molar-refractivity contribution < 1.29 is 0 Å². The highest BCUT2D eigenvalue weighted by atomic mass is 14.7. The van der Waals surface area contributed by atoms with Crippen LogP contribution in [0, 0.1) is 50.4 Å². The summed E-state index contributed by atoms with van der Waals surface area (Å²) >= 11 is 0. The minimum Gasteiger partial charge on any atom is -0.255 e. The van der Waals surface area contributed by atoms with Crippen LogP contribution in [-0.2, 0) is 0 Å². The number of fused-ring (bicyclic) bond motifs is 10. The molecule has 0 radical (unpaired) electrons. The van der Waals surface area contributed by atoms with Crippen LogP contribution in [0.15, 0.2) is 109 Å². The van der Waals surface area contributed by atoms with Gasteiger partial charge >= 0.3 is 0 Å². The molecule has 0 aliphatic rings. The third-order valence-electron chi connectivity index (χ3n) is 12.2. The van der Waals surface area contributed by atoms with Crippen molar-refractivity contribution in [1.29, 1.82) is 10.5 Å². The lowest BCUT2D eigenvalue weighted by molar-refractivity contribution is 1.30. The second-order valence-electron chi connectivity index (χ2n) is 15.9. The number of nitrogens with zero attached hydrogens (tertiary/aromatic N) is 4. The van der Waals surface area contributed by atoms with E-state index in [1.807, 2.05) is 24.3 Å². The molecule has 56 heavy (non-hydrogen) atoms. The van der Waals surface area contributed by atoms with Crippen molar-refractivity contribution in [2.24, 2.45) is 0 Å². The topological polar surface area (TPSA) is 73.4 Å². The first kappa shape index (κ1) is 31.0. The van der Waals surface area contributed by atoms with Crippen LogP contribution < -0.4 is 0 Å². The van der Waals surface area contributed by atoms with Gasteiger partial charge < -0.3 is 0 Å². The molecule has 0 unspecified atom stereocenters. The van der Waals surface area contributed by atoms with E-state index in [0.29, 0.717) is 11.1 Å². The van der Waals surface area contributed by atoms with E-state index in [9.17, 15) is 10.5 Å². The zero-order chi connectivity index (χ0) is 37.7. The minimum absolute atomic E-state index is 0.543. The third kappa shape index (κ3) is 3.95. The lowest BCUT2D eigenvalue weighted by Gasteiger charge is -2.19. The zero-order valence-electron chi connectivity index (χ0n) is 31.2. The Kier molecular flexibility index (Phi) is 5.89. The molecule has 0 saturated carbocycles. The number of hydrogen-bond acceptors (Lipinski definition) is 4. The molecule has 4 nitrogen and oxygen atoms in total. The van der Waals surface area contributed by atoms with Gasteiger partial charge in [0.1, 0.15) is 12.1 Å². The molecule has 0 amide bonds. The molecule has 4 heteroatoms. The fraction of sp³-hybridized carbons (Fsp3) is 0.0769. The van der Waals surface area contributed by atoms with Crippen molar-refractivity contribution in [3.05, 3.63) is 143 Å². The maximum absolute atomic E-state index is 9.64. The molecule has 0 saturated heterocycles. The molecule has 0 spiro atoms. The molecule has 10 aromatic carbocycles. The Morgan fingerprint density at radius 3 is 0.893 bits per heavy atom. The largest absolute Gasteiger partial charge is 0.255 e. The van der Waals surface area contributed by atoms with Gasteiger partial charge in [-0.3, -0.25) is 9.97 Å². The number of aromatic nitrogens is 2. The summed E-state index contributed by atoms with van der Waals surface area (Å²) < 4.78 is 0. The number of hydrogen-bond donors (Lipinski definition) is 0. The number of nitriles is 2. The number of aryl methyl sites for hydroxylation is 4. The first-order valence-electron chi connectivity index (χ1n) is 19.0. The highest BCUT2D eigenvalue weighted by Crippen LogP contribution is 2.55. The fourth-order valence-electron chi connectivity index (χ4n) is 10.2. The van der Waals surface area contributed by atoms with Gasteiger partial charge in [-0.2, -0.15) is 10.5 Å². The Labute approximate surface area is 321 Å². The van der Waals surface area contributed by atoms with E-state index in [4.69, 9.17) is 9.97 Å². The van der Waals surface area contributed by atoms with Gasteiger partial charge in [-0.1, -0.05) is 48.5 Å². The average molecular weight is 711 g/mol. The summed E-state index contributed by atoms with van der Waals surface area (Å²) in [6.07, 6.45) is 3.36. The van der Waals surface area contributed by atoms with Crippen LogP contribution in [0.3, 0.4) is 0 Å². The zero-order valence-corrected chi connectivity index (χ0v) is 31.2. The number of benzene rings is 8. The van der Waals surface area contributed by atoms with E-state index in [2.05, 4.69) is 113 Å². The Bertz CT molecular complexity index is 3360. The van der Waals surface area contributed by atoms with Gasteiger partial charge in [-0.05, 0) is 195 Å². The molecule has 0 aliphatic carbocycles. The summed E-state index contributed by atoms with van der Waals surface area (Å²) in [7, 11) is 0. The van der Waals surface area contributed by atoms with Crippen LogP contribution in [0.4, 0.5) is 0 Å². The molecule has 12 rings (SSSR count). The van der Waals surface area contributed by atoms with Gasteiger partial charge in [0.15, 0.2) is 0 Å². The van der Waals surface area contributed by atoms with Crippen LogP contribution in [0.25, 0.3) is 119 Å².